The fraction of sp³-hybridized carbons (Fsp3) is 0.381. The number of hydrogen-bond acceptors (Lipinski definition) is 4. The highest BCUT2D eigenvalue weighted by Gasteiger charge is 2.23. The molecule has 1 fully saturated rings. The standard InChI is InChI=1S/C21H25FN2O3/c1-26-19-8-4-17(5-9-19)20(24-10-12-27-13-11-24)15-23-21(25)14-16-2-6-18(22)7-3-16/h2-9,20H,10-15H2,1H3,(H,23,25)/t20-/m1/s1. The van der Waals surface area contributed by atoms with Crippen LogP contribution in [0.3, 0.4) is 0 Å². The number of methoxy groups -OCH3 is 1. The highest BCUT2D eigenvalue weighted by atomic mass is 19.1. The molecule has 0 aliphatic carbocycles. The van der Waals surface area contributed by atoms with Crippen LogP contribution in [0.15, 0.2) is 48.5 Å². The quantitative estimate of drug-likeness (QED) is 0.812. The number of nitrogens with one attached hydrogen (secondary N) is 1. The molecule has 0 bridgehead atoms. The molecule has 2 aromatic rings. The van der Waals surface area contributed by atoms with Crippen molar-refractivity contribution in [3.05, 3.63) is 65.5 Å². The Hall–Kier alpha value is -2.44. The van der Waals surface area contributed by atoms with Gasteiger partial charge in [-0.25, -0.2) is 4.39 Å². The van der Waals surface area contributed by atoms with Crippen molar-refractivity contribution in [1.82, 2.24) is 10.2 Å². The van der Waals surface area contributed by atoms with Gasteiger partial charge in [-0.3, -0.25) is 9.69 Å². The number of halogens is 1. The first kappa shape index (κ1) is 19.3. The highest BCUT2D eigenvalue weighted by Crippen LogP contribution is 2.23. The van der Waals surface area contributed by atoms with E-state index in [0.717, 1.165) is 30.0 Å². The average Bonchev–Trinajstić information content (AvgIpc) is 2.71. The van der Waals surface area contributed by atoms with Crippen molar-refractivity contribution < 1.29 is 18.7 Å². The van der Waals surface area contributed by atoms with Gasteiger partial charge in [0.25, 0.3) is 0 Å². The second-order valence-corrected chi connectivity index (χ2v) is 6.54. The fourth-order valence-corrected chi connectivity index (χ4v) is 3.23. The Balaban J connectivity index is 1.64. The minimum absolute atomic E-state index is 0.0666. The molecule has 1 heterocycles. The number of nitrogens with zero attached hydrogens (tertiary/aromatic N) is 1. The van der Waals surface area contributed by atoms with Crippen LogP contribution in [0.25, 0.3) is 0 Å². The van der Waals surface area contributed by atoms with E-state index in [0.29, 0.717) is 19.8 Å². The van der Waals surface area contributed by atoms with Gasteiger partial charge >= 0.3 is 0 Å². The predicted octanol–water partition coefficient (Wildman–Crippen LogP) is 2.57. The third kappa shape index (κ3) is 5.52. The van der Waals surface area contributed by atoms with E-state index in [1.807, 2.05) is 24.3 Å². The second kappa shape index (κ2) is 9.48. The lowest BCUT2D eigenvalue weighted by Crippen LogP contribution is -2.44. The largest absolute Gasteiger partial charge is 0.497 e. The van der Waals surface area contributed by atoms with Gasteiger partial charge in [-0.05, 0) is 35.4 Å². The normalized spacial score (nSPS) is 15.9. The Labute approximate surface area is 159 Å². The Kier molecular flexibility index (Phi) is 6.79. The summed E-state index contributed by atoms with van der Waals surface area (Å²) in [5.74, 6) is 0.430. The molecule has 0 unspecified atom stereocenters. The van der Waals surface area contributed by atoms with Gasteiger partial charge in [-0.15, -0.1) is 0 Å². The van der Waals surface area contributed by atoms with Gasteiger partial charge in [-0.2, -0.15) is 0 Å². The van der Waals surface area contributed by atoms with Crippen LogP contribution >= 0.6 is 0 Å². The van der Waals surface area contributed by atoms with Crippen molar-refractivity contribution in [2.75, 3.05) is 40.0 Å². The third-order valence-electron chi connectivity index (χ3n) is 4.76. The zero-order chi connectivity index (χ0) is 19.1. The number of ether oxygens (including phenoxy) is 2. The average molecular weight is 372 g/mol. The highest BCUT2D eigenvalue weighted by molar-refractivity contribution is 5.78. The van der Waals surface area contributed by atoms with E-state index < -0.39 is 0 Å². The molecule has 0 spiro atoms. The SMILES string of the molecule is COc1ccc([C@@H](CNC(=O)Cc2ccc(F)cc2)N2CCOCC2)cc1. The van der Waals surface area contributed by atoms with Crippen LogP contribution in [0.5, 0.6) is 5.75 Å². The molecule has 27 heavy (non-hydrogen) atoms. The number of carbonyl (C=O) groups is 1. The van der Waals surface area contributed by atoms with Gasteiger partial charge in [-0.1, -0.05) is 24.3 Å². The maximum absolute atomic E-state index is 13.0. The van der Waals surface area contributed by atoms with Crippen LogP contribution in [0.2, 0.25) is 0 Å². The minimum atomic E-state index is -0.300. The fourth-order valence-electron chi connectivity index (χ4n) is 3.23. The molecule has 0 saturated carbocycles. The molecule has 144 valence electrons. The van der Waals surface area contributed by atoms with E-state index in [9.17, 15) is 9.18 Å². The maximum atomic E-state index is 13.0. The third-order valence-corrected chi connectivity index (χ3v) is 4.76. The predicted molar refractivity (Wildman–Crippen MR) is 101 cm³/mol. The summed E-state index contributed by atoms with van der Waals surface area (Å²) in [6, 6.07) is 14.0. The van der Waals surface area contributed by atoms with E-state index in [-0.39, 0.29) is 24.2 Å². The topological polar surface area (TPSA) is 50.8 Å². The summed E-state index contributed by atoms with van der Waals surface area (Å²) in [6.45, 7) is 3.54. The smallest absolute Gasteiger partial charge is 0.224 e. The summed E-state index contributed by atoms with van der Waals surface area (Å²) in [7, 11) is 1.64. The van der Waals surface area contributed by atoms with Gasteiger partial charge in [0.1, 0.15) is 11.6 Å². The molecular formula is C21H25FN2O3. The zero-order valence-electron chi connectivity index (χ0n) is 15.5. The number of rotatable bonds is 7. The molecule has 1 aliphatic heterocycles. The van der Waals surface area contributed by atoms with Crippen molar-refractivity contribution in [3.8, 4) is 5.75 Å². The van der Waals surface area contributed by atoms with E-state index in [2.05, 4.69) is 10.2 Å². The Morgan fingerprint density at radius 1 is 1.15 bits per heavy atom. The lowest BCUT2D eigenvalue weighted by molar-refractivity contribution is -0.120. The number of amides is 1. The molecule has 0 aromatic heterocycles. The van der Waals surface area contributed by atoms with Crippen molar-refractivity contribution in [2.24, 2.45) is 0 Å². The summed E-state index contributed by atoms with van der Waals surface area (Å²) in [5.41, 5.74) is 1.92. The number of hydrogen-bond donors (Lipinski definition) is 1. The molecule has 5 nitrogen and oxygen atoms in total. The van der Waals surface area contributed by atoms with Crippen LogP contribution in [0.4, 0.5) is 4.39 Å². The molecule has 6 heteroatoms. The summed E-state index contributed by atoms with van der Waals surface area (Å²) >= 11 is 0. The van der Waals surface area contributed by atoms with E-state index in [1.54, 1.807) is 19.2 Å². The maximum Gasteiger partial charge on any atom is 0.224 e. The molecule has 1 atom stereocenters. The van der Waals surface area contributed by atoms with Gasteiger partial charge in [0, 0.05) is 19.6 Å². The summed E-state index contributed by atoms with van der Waals surface area (Å²) in [4.78, 5) is 14.7. The van der Waals surface area contributed by atoms with Crippen molar-refractivity contribution >= 4 is 5.91 Å². The van der Waals surface area contributed by atoms with Crippen LogP contribution in [0.1, 0.15) is 17.2 Å². The van der Waals surface area contributed by atoms with E-state index >= 15 is 0 Å². The summed E-state index contributed by atoms with van der Waals surface area (Å²) in [6.07, 6.45) is 0.235. The Bertz CT molecular complexity index is 728. The first-order valence-corrected chi connectivity index (χ1v) is 9.12. The van der Waals surface area contributed by atoms with Gasteiger partial charge in [0.15, 0.2) is 0 Å². The number of carbonyl (C=O) groups excluding carboxylic acids is 1. The van der Waals surface area contributed by atoms with Crippen molar-refractivity contribution in [2.45, 2.75) is 12.5 Å². The zero-order valence-corrected chi connectivity index (χ0v) is 15.5. The molecule has 3 rings (SSSR count). The number of morpholine rings is 1. The van der Waals surface area contributed by atoms with E-state index in [4.69, 9.17) is 9.47 Å². The van der Waals surface area contributed by atoms with Gasteiger partial charge in [0.05, 0.1) is 32.8 Å². The minimum Gasteiger partial charge on any atom is -0.497 e. The van der Waals surface area contributed by atoms with E-state index in [1.165, 1.54) is 12.1 Å². The van der Waals surface area contributed by atoms with Crippen LogP contribution in [0, 0.1) is 5.82 Å². The first-order chi connectivity index (χ1) is 13.2. The molecule has 1 N–H and O–H groups in total. The summed E-state index contributed by atoms with van der Waals surface area (Å²) in [5, 5.41) is 3.02. The Morgan fingerprint density at radius 2 is 1.81 bits per heavy atom. The molecule has 2 aromatic carbocycles. The van der Waals surface area contributed by atoms with Gasteiger partial charge < -0.3 is 14.8 Å². The molecule has 1 amide bonds. The van der Waals surface area contributed by atoms with Crippen LogP contribution in [-0.4, -0.2) is 50.8 Å². The molecule has 0 radical (unpaired) electrons. The van der Waals surface area contributed by atoms with Gasteiger partial charge in [0.2, 0.25) is 5.91 Å². The second-order valence-electron chi connectivity index (χ2n) is 6.54. The van der Waals surface area contributed by atoms with Crippen molar-refractivity contribution in [1.29, 1.82) is 0 Å². The first-order valence-electron chi connectivity index (χ1n) is 9.12. The lowest BCUT2D eigenvalue weighted by Gasteiger charge is -2.35. The van der Waals surface area contributed by atoms with Crippen molar-refractivity contribution in [3.63, 3.8) is 0 Å². The summed E-state index contributed by atoms with van der Waals surface area (Å²) < 4.78 is 23.7. The number of benzene rings is 2. The molecular weight excluding hydrogens is 347 g/mol. The molecule has 1 aliphatic rings. The van der Waals surface area contributed by atoms with Crippen LogP contribution in [-0.2, 0) is 16.0 Å². The van der Waals surface area contributed by atoms with Crippen LogP contribution < -0.4 is 10.1 Å². The lowest BCUT2D eigenvalue weighted by atomic mass is 10.0. The monoisotopic (exact) mass is 372 g/mol. The molecule has 1 saturated heterocycles. The Morgan fingerprint density at radius 3 is 2.44 bits per heavy atom.